The minimum absolute atomic E-state index is 0.146. The van der Waals surface area contributed by atoms with Gasteiger partial charge < -0.3 is 16.0 Å². The van der Waals surface area contributed by atoms with Gasteiger partial charge in [-0.05, 0) is 31.5 Å². The van der Waals surface area contributed by atoms with E-state index in [1.165, 1.54) is 6.92 Å². The lowest BCUT2D eigenvalue weighted by molar-refractivity contribution is -0.114. The van der Waals surface area contributed by atoms with Crippen molar-refractivity contribution < 1.29 is 9.59 Å². The maximum Gasteiger partial charge on any atom is 0.319 e. The summed E-state index contributed by atoms with van der Waals surface area (Å²) in [5.74, 6) is 0.00896. The molecule has 0 bridgehead atoms. The van der Waals surface area contributed by atoms with Gasteiger partial charge >= 0.3 is 6.03 Å². The van der Waals surface area contributed by atoms with Crippen molar-refractivity contribution in [1.29, 1.82) is 0 Å². The van der Waals surface area contributed by atoms with E-state index in [-0.39, 0.29) is 17.9 Å². The van der Waals surface area contributed by atoms with Crippen LogP contribution < -0.4 is 16.0 Å². The molecule has 0 saturated heterocycles. The summed E-state index contributed by atoms with van der Waals surface area (Å²) in [6.45, 7) is 7.83. The van der Waals surface area contributed by atoms with Crippen LogP contribution in [-0.2, 0) is 4.79 Å². The summed E-state index contributed by atoms with van der Waals surface area (Å²) in [6, 6.07) is 5.10. The third-order valence-electron chi connectivity index (χ3n) is 3.43. The highest BCUT2D eigenvalue weighted by atomic mass is 32.1. The Balaban J connectivity index is 1.91. The largest absolute Gasteiger partial charge is 0.337 e. The Morgan fingerprint density at radius 1 is 1.25 bits per heavy atom. The molecule has 0 aliphatic rings. The summed E-state index contributed by atoms with van der Waals surface area (Å²) in [4.78, 5) is 27.7. The van der Waals surface area contributed by atoms with Gasteiger partial charge in [0, 0.05) is 41.8 Å². The second-order valence-electron chi connectivity index (χ2n) is 5.77. The molecule has 0 unspecified atom stereocenters. The first kappa shape index (κ1) is 17.9. The number of nitrogens with zero attached hydrogens (tertiary/aromatic N) is 1. The molecule has 1 aromatic heterocycles. The summed E-state index contributed by atoms with van der Waals surface area (Å²) >= 11 is 1.60. The molecule has 2 aromatic rings. The molecule has 0 aliphatic heterocycles. The minimum atomic E-state index is -0.284. The Kier molecular flexibility index (Phi) is 5.92. The minimum Gasteiger partial charge on any atom is -0.337 e. The molecule has 0 spiro atoms. The average molecular weight is 346 g/mol. The van der Waals surface area contributed by atoms with E-state index in [1.54, 1.807) is 23.5 Å². The van der Waals surface area contributed by atoms with Crippen LogP contribution in [0.4, 0.5) is 16.2 Å². The van der Waals surface area contributed by atoms with E-state index in [0.29, 0.717) is 17.9 Å². The lowest BCUT2D eigenvalue weighted by Crippen LogP contribution is -2.31. The summed E-state index contributed by atoms with van der Waals surface area (Å²) in [5.41, 5.74) is 3.24. The van der Waals surface area contributed by atoms with Crippen LogP contribution in [0.2, 0.25) is 0 Å². The molecule has 128 valence electrons. The molecule has 24 heavy (non-hydrogen) atoms. The first-order valence-electron chi connectivity index (χ1n) is 7.70. The molecular formula is C17H22N4O2S. The van der Waals surface area contributed by atoms with Crippen LogP contribution in [0.5, 0.6) is 0 Å². The highest BCUT2D eigenvalue weighted by Crippen LogP contribution is 2.21. The number of hydrogen-bond acceptors (Lipinski definition) is 4. The third-order valence-corrected chi connectivity index (χ3v) is 4.63. The quantitative estimate of drug-likeness (QED) is 0.773. The van der Waals surface area contributed by atoms with Crippen molar-refractivity contribution in [2.45, 2.75) is 33.6 Å². The number of urea groups is 1. The van der Waals surface area contributed by atoms with Crippen LogP contribution >= 0.6 is 11.3 Å². The molecule has 0 aliphatic carbocycles. The fraction of sp³-hybridized carbons (Fsp3) is 0.353. The molecule has 1 atom stereocenters. The Morgan fingerprint density at radius 2 is 2.00 bits per heavy atom. The molecule has 7 heteroatoms. The van der Waals surface area contributed by atoms with Crippen molar-refractivity contribution >= 4 is 34.6 Å². The molecule has 0 saturated carbocycles. The van der Waals surface area contributed by atoms with Crippen molar-refractivity contribution in [1.82, 2.24) is 10.3 Å². The number of anilines is 2. The van der Waals surface area contributed by atoms with Crippen LogP contribution in [0.3, 0.4) is 0 Å². The molecule has 1 aromatic carbocycles. The Morgan fingerprint density at radius 3 is 2.62 bits per heavy atom. The fourth-order valence-electron chi connectivity index (χ4n) is 2.13. The van der Waals surface area contributed by atoms with Gasteiger partial charge in [0.2, 0.25) is 5.91 Å². The van der Waals surface area contributed by atoms with Gasteiger partial charge in [-0.3, -0.25) is 4.79 Å². The lowest BCUT2D eigenvalue weighted by Gasteiger charge is -2.13. The number of rotatable bonds is 5. The van der Waals surface area contributed by atoms with Crippen molar-refractivity contribution in [3.63, 3.8) is 0 Å². The summed E-state index contributed by atoms with van der Waals surface area (Å²) < 4.78 is 0. The van der Waals surface area contributed by atoms with Gasteiger partial charge in [0.05, 0.1) is 5.01 Å². The Labute approximate surface area is 145 Å². The molecule has 0 fully saturated rings. The standard InChI is InChI=1S/C17H22N4O2S/c1-10-5-6-14(7-15(10)20-13(4)22)21-17(23)18-8-11(2)16-19-12(3)9-24-16/h5-7,9,11H,8H2,1-4H3,(H,20,22)(H2,18,21,23)/t11-/m1/s1. The molecule has 1 heterocycles. The predicted molar refractivity (Wildman–Crippen MR) is 97.8 cm³/mol. The predicted octanol–water partition coefficient (Wildman–Crippen LogP) is 3.64. The van der Waals surface area contributed by atoms with E-state index in [0.717, 1.165) is 16.3 Å². The van der Waals surface area contributed by atoms with Crippen LogP contribution in [0.15, 0.2) is 23.6 Å². The first-order valence-corrected chi connectivity index (χ1v) is 8.58. The van der Waals surface area contributed by atoms with E-state index < -0.39 is 0 Å². The number of carbonyl (C=O) groups excluding carboxylic acids is 2. The second kappa shape index (κ2) is 7.92. The number of aryl methyl sites for hydroxylation is 2. The third kappa shape index (κ3) is 5.06. The summed E-state index contributed by atoms with van der Waals surface area (Å²) in [5, 5.41) is 11.4. The zero-order valence-corrected chi connectivity index (χ0v) is 15.1. The summed E-state index contributed by atoms with van der Waals surface area (Å²) in [6.07, 6.45) is 0. The summed E-state index contributed by atoms with van der Waals surface area (Å²) in [7, 11) is 0. The van der Waals surface area contributed by atoms with E-state index in [1.807, 2.05) is 32.2 Å². The number of aromatic nitrogens is 1. The van der Waals surface area contributed by atoms with Crippen LogP contribution in [-0.4, -0.2) is 23.5 Å². The first-order chi connectivity index (χ1) is 11.3. The van der Waals surface area contributed by atoms with Gasteiger partial charge in [0.25, 0.3) is 0 Å². The number of hydrogen-bond donors (Lipinski definition) is 3. The highest BCUT2D eigenvalue weighted by molar-refractivity contribution is 7.09. The molecular weight excluding hydrogens is 324 g/mol. The molecule has 6 nitrogen and oxygen atoms in total. The smallest absolute Gasteiger partial charge is 0.319 e. The number of carbonyl (C=O) groups is 2. The molecule has 3 N–H and O–H groups in total. The number of nitrogens with one attached hydrogen (secondary N) is 3. The molecule has 3 amide bonds. The average Bonchev–Trinajstić information content (AvgIpc) is 2.94. The van der Waals surface area contributed by atoms with Gasteiger partial charge in [-0.25, -0.2) is 9.78 Å². The van der Waals surface area contributed by atoms with Gasteiger partial charge in [0.15, 0.2) is 0 Å². The van der Waals surface area contributed by atoms with E-state index in [4.69, 9.17) is 0 Å². The Hall–Kier alpha value is -2.41. The lowest BCUT2D eigenvalue weighted by atomic mass is 10.1. The van der Waals surface area contributed by atoms with Gasteiger partial charge in [-0.1, -0.05) is 13.0 Å². The fourth-order valence-corrected chi connectivity index (χ4v) is 2.99. The number of amides is 3. The zero-order valence-electron chi connectivity index (χ0n) is 14.3. The van der Waals surface area contributed by atoms with Crippen molar-refractivity contribution in [2.24, 2.45) is 0 Å². The normalized spacial score (nSPS) is 11.7. The van der Waals surface area contributed by atoms with Gasteiger partial charge in [0.1, 0.15) is 0 Å². The van der Waals surface area contributed by atoms with Crippen molar-refractivity contribution in [3.05, 3.63) is 39.8 Å². The monoisotopic (exact) mass is 346 g/mol. The zero-order chi connectivity index (χ0) is 17.7. The molecule has 0 radical (unpaired) electrons. The maximum absolute atomic E-state index is 12.0. The van der Waals surface area contributed by atoms with Crippen LogP contribution in [0.1, 0.15) is 36.0 Å². The van der Waals surface area contributed by atoms with Crippen LogP contribution in [0.25, 0.3) is 0 Å². The highest BCUT2D eigenvalue weighted by Gasteiger charge is 2.11. The number of benzene rings is 1. The van der Waals surface area contributed by atoms with Gasteiger partial charge in [-0.2, -0.15) is 0 Å². The van der Waals surface area contributed by atoms with Crippen molar-refractivity contribution in [3.8, 4) is 0 Å². The van der Waals surface area contributed by atoms with Gasteiger partial charge in [-0.15, -0.1) is 11.3 Å². The maximum atomic E-state index is 12.0. The Bertz CT molecular complexity index is 742. The van der Waals surface area contributed by atoms with E-state index in [9.17, 15) is 9.59 Å². The topological polar surface area (TPSA) is 83.1 Å². The second-order valence-corrected chi connectivity index (χ2v) is 6.66. The molecule has 2 rings (SSSR count). The van der Waals surface area contributed by atoms with E-state index in [2.05, 4.69) is 20.9 Å². The van der Waals surface area contributed by atoms with Crippen LogP contribution in [0, 0.1) is 13.8 Å². The van der Waals surface area contributed by atoms with E-state index >= 15 is 0 Å². The SMILES string of the molecule is CC(=O)Nc1cc(NC(=O)NC[C@@H](C)c2nc(C)cs2)ccc1C. The van der Waals surface area contributed by atoms with Crippen molar-refractivity contribution in [2.75, 3.05) is 17.2 Å². The number of thiazole rings is 1.